The van der Waals surface area contributed by atoms with E-state index in [0.29, 0.717) is 5.69 Å². The zero-order chi connectivity index (χ0) is 19.1. The first-order valence-electron chi connectivity index (χ1n) is 8.65. The number of rotatable bonds is 3. The van der Waals surface area contributed by atoms with E-state index in [9.17, 15) is 22.8 Å². The zero-order valence-corrected chi connectivity index (χ0v) is 14.7. The van der Waals surface area contributed by atoms with Crippen molar-refractivity contribution >= 4 is 17.6 Å². The van der Waals surface area contributed by atoms with Crippen LogP contribution in [-0.2, 0) is 0 Å². The van der Waals surface area contributed by atoms with E-state index in [1.54, 1.807) is 18.2 Å². The van der Waals surface area contributed by atoms with Crippen LogP contribution in [0.15, 0.2) is 24.3 Å². The molecule has 1 atom stereocenters. The van der Waals surface area contributed by atoms with E-state index < -0.39 is 23.5 Å². The van der Waals surface area contributed by atoms with Gasteiger partial charge in [0.2, 0.25) is 0 Å². The van der Waals surface area contributed by atoms with Crippen LogP contribution in [0.25, 0.3) is 0 Å². The van der Waals surface area contributed by atoms with Gasteiger partial charge in [0.05, 0.1) is 5.92 Å². The van der Waals surface area contributed by atoms with Crippen LogP contribution in [0.3, 0.4) is 0 Å². The van der Waals surface area contributed by atoms with Crippen molar-refractivity contribution in [1.29, 1.82) is 0 Å². The van der Waals surface area contributed by atoms with Crippen molar-refractivity contribution in [2.75, 3.05) is 11.9 Å². The standard InChI is InChI=1S/C18H22F3N3O2/c1-17(2)14(18(19,20)21)8-9-24(17)15(25)11-4-3-5-13(10-11)23-16(26)22-12-6-7-12/h3-5,10,12,14H,6-9H2,1-2H3,(H2,22,23,26). The van der Waals surface area contributed by atoms with Gasteiger partial charge in [-0.3, -0.25) is 4.79 Å². The van der Waals surface area contributed by atoms with E-state index in [1.807, 2.05) is 0 Å². The number of anilines is 1. The van der Waals surface area contributed by atoms with Gasteiger partial charge in [-0.25, -0.2) is 4.79 Å². The monoisotopic (exact) mass is 369 g/mol. The van der Waals surface area contributed by atoms with Crippen LogP contribution in [0.5, 0.6) is 0 Å². The minimum atomic E-state index is -4.34. The molecule has 1 saturated carbocycles. The van der Waals surface area contributed by atoms with E-state index in [2.05, 4.69) is 10.6 Å². The molecule has 3 rings (SSSR count). The predicted molar refractivity (Wildman–Crippen MR) is 90.9 cm³/mol. The number of benzene rings is 1. The number of alkyl halides is 3. The highest BCUT2D eigenvalue weighted by molar-refractivity contribution is 5.97. The third-order valence-corrected chi connectivity index (χ3v) is 5.11. The van der Waals surface area contributed by atoms with Crippen molar-refractivity contribution in [2.45, 2.75) is 50.9 Å². The second-order valence-electron chi connectivity index (χ2n) is 7.45. The summed E-state index contributed by atoms with van der Waals surface area (Å²) in [7, 11) is 0. The summed E-state index contributed by atoms with van der Waals surface area (Å²) in [6.45, 7) is 2.94. The Kier molecular flexibility index (Phi) is 4.62. The summed E-state index contributed by atoms with van der Waals surface area (Å²) in [5, 5.41) is 5.42. The summed E-state index contributed by atoms with van der Waals surface area (Å²) < 4.78 is 39.7. The Morgan fingerprint density at radius 1 is 1.19 bits per heavy atom. The summed E-state index contributed by atoms with van der Waals surface area (Å²) in [4.78, 5) is 25.9. The van der Waals surface area contributed by atoms with E-state index in [-0.39, 0.29) is 30.6 Å². The summed E-state index contributed by atoms with van der Waals surface area (Å²) in [6, 6.07) is 6.12. The Bertz CT molecular complexity index is 714. The number of amides is 3. The van der Waals surface area contributed by atoms with Crippen LogP contribution in [0.4, 0.5) is 23.7 Å². The van der Waals surface area contributed by atoms with Crippen molar-refractivity contribution in [3.8, 4) is 0 Å². The Labute approximate surface area is 149 Å². The second kappa shape index (κ2) is 6.48. The summed E-state index contributed by atoms with van der Waals surface area (Å²) >= 11 is 0. The lowest BCUT2D eigenvalue weighted by molar-refractivity contribution is -0.189. The number of carbonyl (C=O) groups excluding carboxylic acids is 2. The number of carbonyl (C=O) groups is 2. The van der Waals surface area contributed by atoms with E-state index in [0.717, 1.165) is 12.8 Å². The van der Waals surface area contributed by atoms with E-state index >= 15 is 0 Å². The molecule has 142 valence electrons. The summed E-state index contributed by atoms with van der Waals surface area (Å²) in [6.07, 6.45) is -2.54. The molecule has 0 aromatic heterocycles. The van der Waals surface area contributed by atoms with E-state index in [4.69, 9.17) is 0 Å². The minimum Gasteiger partial charge on any atom is -0.335 e. The topological polar surface area (TPSA) is 61.4 Å². The third kappa shape index (κ3) is 3.78. The molecular formula is C18H22F3N3O2. The van der Waals surface area contributed by atoms with Gasteiger partial charge in [-0.2, -0.15) is 13.2 Å². The van der Waals surface area contributed by atoms with Crippen LogP contribution >= 0.6 is 0 Å². The van der Waals surface area contributed by atoms with Crippen LogP contribution < -0.4 is 10.6 Å². The smallest absolute Gasteiger partial charge is 0.335 e. The highest BCUT2D eigenvalue weighted by Crippen LogP contribution is 2.45. The molecule has 1 aromatic carbocycles. The molecule has 2 N–H and O–H groups in total. The summed E-state index contributed by atoms with van der Waals surface area (Å²) in [5.74, 6) is -2.02. The molecule has 5 nitrogen and oxygen atoms in total. The van der Waals surface area contributed by atoms with Gasteiger partial charge in [-0.15, -0.1) is 0 Å². The molecule has 1 aliphatic heterocycles. The Balaban J connectivity index is 1.73. The maximum absolute atomic E-state index is 13.2. The van der Waals surface area contributed by atoms with Gasteiger partial charge in [0.1, 0.15) is 0 Å². The molecule has 26 heavy (non-hydrogen) atoms. The Hall–Kier alpha value is -2.25. The zero-order valence-electron chi connectivity index (χ0n) is 14.7. The molecular weight excluding hydrogens is 347 g/mol. The average Bonchev–Trinajstić information content (AvgIpc) is 3.26. The van der Waals surface area contributed by atoms with Gasteiger partial charge in [0.15, 0.2) is 0 Å². The number of hydrogen-bond donors (Lipinski definition) is 2. The number of halogens is 3. The number of nitrogens with one attached hydrogen (secondary N) is 2. The molecule has 2 aliphatic rings. The molecule has 2 fully saturated rings. The molecule has 1 saturated heterocycles. The minimum absolute atomic E-state index is 0.0514. The van der Waals surface area contributed by atoms with Crippen LogP contribution in [0, 0.1) is 5.92 Å². The molecule has 8 heteroatoms. The Morgan fingerprint density at radius 3 is 2.46 bits per heavy atom. The molecule has 1 aliphatic carbocycles. The lowest BCUT2D eigenvalue weighted by Gasteiger charge is -2.36. The molecule has 3 amide bonds. The lowest BCUT2D eigenvalue weighted by atomic mass is 9.87. The summed E-state index contributed by atoms with van der Waals surface area (Å²) in [5.41, 5.74) is -0.634. The largest absolute Gasteiger partial charge is 0.394 e. The highest BCUT2D eigenvalue weighted by atomic mass is 19.4. The van der Waals surface area contributed by atoms with Gasteiger partial charge in [-0.05, 0) is 51.3 Å². The molecule has 0 radical (unpaired) electrons. The first-order valence-corrected chi connectivity index (χ1v) is 8.65. The maximum Gasteiger partial charge on any atom is 0.394 e. The molecule has 0 bridgehead atoms. The number of hydrogen-bond acceptors (Lipinski definition) is 2. The first-order chi connectivity index (χ1) is 12.1. The van der Waals surface area contributed by atoms with Crippen molar-refractivity contribution < 1.29 is 22.8 Å². The predicted octanol–water partition coefficient (Wildman–Crippen LogP) is 3.77. The van der Waals surface area contributed by atoms with Gasteiger partial charge in [0, 0.05) is 29.4 Å². The molecule has 1 aromatic rings. The fraction of sp³-hybridized carbons (Fsp3) is 0.556. The fourth-order valence-corrected chi connectivity index (χ4v) is 3.48. The van der Waals surface area contributed by atoms with Gasteiger partial charge < -0.3 is 15.5 Å². The molecule has 1 heterocycles. The maximum atomic E-state index is 13.2. The fourth-order valence-electron chi connectivity index (χ4n) is 3.48. The van der Waals surface area contributed by atoms with Crippen molar-refractivity contribution in [3.05, 3.63) is 29.8 Å². The number of likely N-dealkylation sites (tertiary alicyclic amines) is 1. The van der Waals surface area contributed by atoms with Crippen molar-refractivity contribution in [3.63, 3.8) is 0 Å². The highest BCUT2D eigenvalue weighted by Gasteiger charge is 2.56. The first kappa shape index (κ1) is 18.5. The Morgan fingerprint density at radius 2 is 1.88 bits per heavy atom. The third-order valence-electron chi connectivity index (χ3n) is 5.11. The normalized spacial score (nSPS) is 22.2. The van der Waals surface area contributed by atoms with Crippen molar-refractivity contribution in [1.82, 2.24) is 10.2 Å². The number of nitrogens with zero attached hydrogens (tertiary/aromatic N) is 1. The van der Waals surface area contributed by atoms with Gasteiger partial charge in [0.25, 0.3) is 5.91 Å². The van der Waals surface area contributed by atoms with Gasteiger partial charge in [-0.1, -0.05) is 6.07 Å². The lowest BCUT2D eigenvalue weighted by Crippen LogP contribution is -2.49. The SMILES string of the molecule is CC1(C)C(C(F)(F)F)CCN1C(=O)c1cccc(NC(=O)NC2CC2)c1. The second-order valence-corrected chi connectivity index (χ2v) is 7.45. The average molecular weight is 369 g/mol. The molecule has 0 spiro atoms. The van der Waals surface area contributed by atoms with Crippen molar-refractivity contribution in [2.24, 2.45) is 5.92 Å². The van der Waals surface area contributed by atoms with Gasteiger partial charge >= 0.3 is 12.2 Å². The van der Waals surface area contributed by atoms with Crippen LogP contribution in [-0.4, -0.2) is 41.1 Å². The van der Waals surface area contributed by atoms with Crippen LogP contribution in [0.1, 0.15) is 43.5 Å². The van der Waals surface area contributed by atoms with Crippen LogP contribution in [0.2, 0.25) is 0 Å². The molecule has 1 unspecified atom stereocenters. The van der Waals surface area contributed by atoms with E-state index in [1.165, 1.54) is 24.8 Å². The quantitative estimate of drug-likeness (QED) is 0.852. The number of urea groups is 1.